The Morgan fingerprint density at radius 2 is 1.69 bits per heavy atom. The topological polar surface area (TPSA) is 52.0 Å². The fourth-order valence-corrected chi connectivity index (χ4v) is 2.85. The van der Waals surface area contributed by atoms with E-state index < -0.39 is 0 Å². The van der Waals surface area contributed by atoms with Gasteiger partial charge in [-0.1, -0.05) is 6.07 Å². The summed E-state index contributed by atoms with van der Waals surface area (Å²) in [5.74, 6) is 2.30. The average molecular weight is 344 g/mol. The van der Waals surface area contributed by atoms with Crippen molar-refractivity contribution in [1.82, 2.24) is 14.5 Å². The minimum Gasteiger partial charge on any atom is -0.457 e. The Labute approximate surface area is 152 Å². The van der Waals surface area contributed by atoms with Crippen molar-refractivity contribution in [1.29, 1.82) is 0 Å². The Balaban J connectivity index is 1.64. The van der Waals surface area contributed by atoms with Gasteiger partial charge in [-0.2, -0.15) is 0 Å². The highest BCUT2D eigenvalue weighted by Gasteiger charge is 2.10. The van der Waals surface area contributed by atoms with Crippen LogP contribution in [-0.4, -0.2) is 14.5 Å². The molecule has 4 aromatic rings. The van der Waals surface area contributed by atoms with Gasteiger partial charge >= 0.3 is 0 Å². The highest BCUT2D eigenvalue weighted by atomic mass is 16.5. The van der Waals surface area contributed by atoms with Crippen LogP contribution in [0.1, 0.15) is 11.1 Å². The maximum Gasteiger partial charge on any atom is 0.208 e. The first-order chi connectivity index (χ1) is 12.6. The highest BCUT2D eigenvalue weighted by molar-refractivity contribution is 5.81. The van der Waals surface area contributed by atoms with Gasteiger partial charge in [-0.15, -0.1) is 0 Å². The lowest BCUT2D eigenvalue weighted by molar-refractivity contribution is 0.482. The van der Waals surface area contributed by atoms with Crippen LogP contribution in [0.2, 0.25) is 0 Å². The van der Waals surface area contributed by atoms with Gasteiger partial charge in [-0.3, -0.25) is 4.98 Å². The van der Waals surface area contributed by atoms with E-state index in [2.05, 4.69) is 42.3 Å². The summed E-state index contributed by atoms with van der Waals surface area (Å²) in [6.45, 7) is 4.22. The molecule has 0 saturated heterocycles. The minimum absolute atomic E-state index is 0.750. The van der Waals surface area contributed by atoms with Crippen molar-refractivity contribution in [2.75, 3.05) is 5.32 Å². The largest absolute Gasteiger partial charge is 0.457 e. The van der Waals surface area contributed by atoms with Crippen molar-refractivity contribution in [2.24, 2.45) is 7.05 Å². The zero-order chi connectivity index (χ0) is 18.1. The molecule has 0 spiro atoms. The SMILES string of the molecule is Cc1ccc(Nc2nc3cc(Oc4ccncc4)ccc3n2C)cc1C. The van der Waals surface area contributed by atoms with Crippen LogP contribution in [0.25, 0.3) is 11.0 Å². The molecular weight excluding hydrogens is 324 g/mol. The van der Waals surface area contributed by atoms with Gasteiger partial charge in [-0.05, 0) is 61.4 Å². The number of hydrogen-bond donors (Lipinski definition) is 1. The van der Waals surface area contributed by atoms with Crippen molar-refractivity contribution in [3.8, 4) is 11.5 Å². The molecule has 2 aromatic heterocycles. The summed E-state index contributed by atoms with van der Waals surface area (Å²) in [7, 11) is 2.00. The normalized spacial score (nSPS) is 10.9. The lowest BCUT2D eigenvalue weighted by Gasteiger charge is -2.08. The number of fused-ring (bicyclic) bond motifs is 1. The Bertz CT molecular complexity index is 1070. The second-order valence-corrected chi connectivity index (χ2v) is 6.35. The Morgan fingerprint density at radius 3 is 2.46 bits per heavy atom. The van der Waals surface area contributed by atoms with E-state index >= 15 is 0 Å². The molecule has 0 radical (unpaired) electrons. The molecule has 2 aromatic carbocycles. The first-order valence-electron chi connectivity index (χ1n) is 8.49. The summed E-state index contributed by atoms with van der Waals surface area (Å²) < 4.78 is 7.92. The molecule has 4 rings (SSSR count). The molecule has 0 aliphatic heterocycles. The smallest absolute Gasteiger partial charge is 0.208 e. The van der Waals surface area contributed by atoms with Gasteiger partial charge < -0.3 is 14.6 Å². The molecule has 0 amide bonds. The number of aryl methyl sites for hydroxylation is 3. The van der Waals surface area contributed by atoms with Crippen LogP contribution >= 0.6 is 0 Å². The van der Waals surface area contributed by atoms with E-state index in [1.54, 1.807) is 12.4 Å². The first kappa shape index (κ1) is 16.1. The van der Waals surface area contributed by atoms with E-state index in [4.69, 9.17) is 9.72 Å². The zero-order valence-electron chi connectivity index (χ0n) is 15.0. The summed E-state index contributed by atoms with van der Waals surface area (Å²) in [6.07, 6.45) is 3.42. The standard InChI is InChI=1S/C21H20N4O/c1-14-4-5-16(12-15(14)2)23-21-24-19-13-18(6-7-20(19)25(21)3)26-17-8-10-22-11-9-17/h4-13H,1-3H3,(H,23,24). The number of nitrogens with zero attached hydrogens (tertiary/aromatic N) is 3. The summed E-state index contributed by atoms with van der Waals surface area (Å²) in [5, 5.41) is 3.40. The predicted molar refractivity (Wildman–Crippen MR) is 104 cm³/mol. The molecule has 0 fully saturated rings. The number of anilines is 2. The van der Waals surface area contributed by atoms with Crippen LogP contribution in [0.4, 0.5) is 11.6 Å². The van der Waals surface area contributed by atoms with Crippen LogP contribution in [0.5, 0.6) is 11.5 Å². The second kappa shape index (κ2) is 6.52. The molecule has 0 bridgehead atoms. The van der Waals surface area contributed by atoms with Crippen molar-refractivity contribution in [3.05, 3.63) is 72.1 Å². The van der Waals surface area contributed by atoms with Gasteiger partial charge in [0.25, 0.3) is 0 Å². The zero-order valence-corrected chi connectivity index (χ0v) is 15.0. The maximum atomic E-state index is 5.87. The summed E-state index contributed by atoms with van der Waals surface area (Å²) in [4.78, 5) is 8.72. The maximum absolute atomic E-state index is 5.87. The number of hydrogen-bond acceptors (Lipinski definition) is 4. The summed E-state index contributed by atoms with van der Waals surface area (Å²) in [5.41, 5.74) is 5.48. The molecule has 0 unspecified atom stereocenters. The Hall–Kier alpha value is -3.34. The Morgan fingerprint density at radius 1 is 0.885 bits per heavy atom. The van der Waals surface area contributed by atoms with Gasteiger partial charge in [0, 0.05) is 31.2 Å². The van der Waals surface area contributed by atoms with Crippen LogP contribution in [0.3, 0.4) is 0 Å². The number of imidazole rings is 1. The highest BCUT2D eigenvalue weighted by Crippen LogP contribution is 2.28. The molecule has 5 heteroatoms. The van der Waals surface area contributed by atoms with Crippen LogP contribution in [-0.2, 0) is 7.05 Å². The van der Waals surface area contributed by atoms with Gasteiger partial charge in [0.2, 0.25) is 5.95 Å². The van der Waals surface area contributed by atoms with Gasteiger partial charge in [0.1, 0.15) is 11.5 Å². The van der Waals surface area contributed by atoms with Gasteiger partial charge in [0.15, 0.2) is 0 Å². The van der Waals surface area contributed by atoms with Crippen molar-refractivity contribution < 1.29 is 4.74 Å². The van der Waals surface area contributed by atoms with Crippen LogP contribution in [0, 0.1) is 13.8 Å². The summed E-state index contributed by atoms with van der Waals surface area (Å²) >= 11 is 0. The van der Waals surface area contributed by atoms with Gasteiger partial charge in [-0.25, -0.2) is 4.98 Å². The molecule has 0 aliphatic rings. The Kier molecular flexibility index (Phi) is 4.05. The van der Waals surface area contributed by atoms with E-state index in [1.807, 2.05) is 41.9 Å². The molecule has 0 aliphatic carbocycles. The van der Waals surface area contributed by atoms with Crippen molar-refractivity contribution in [2.45, 2.75) is 13.8 Å². The number of pyridine rings is 1. The number of ether oxygens (including phenoxy) is 1. The summed E-state index contributed by atoms with van der Waals surface area (Å²) in [6, 6.07) is 15.9. The number of nitrogens with one attached hydrogen (secondary N) is 1. The van der Waals surface area contributed by atoms with E-state index in [1.165, 1.54) is 11.1 Å². The van der Waals surface area contributed by atoms with Crippen molar-refractivity contribution in [3.63, 3.8) is 0 Å². The lowest BCUT2D eigenvalue weighted by atomic mass is 10.1. The fourth-order valence-electron chi connectivity index (χ4n) is 2.85. The fraction of sp³-hybridized carbons (Fsp3) is 0.143. The lowest BCUT2D eigenvalue weighted by Crippen LogP contribution is -1.99. The first-order valence-corrected chi connectivity index (χ1v) is 8.49. The third kappa shape index (κ3) is 3.11. The molecule has 0 saturated carbocycles. The third-order valence-electron chi connectivity index (χ3n) is 4.50. The van der Waals surface area contributed by atoms with Crippen molar-refractivity contribution >= 4 is 22.7 Å². The number of benzene rings is 2. The average Bonchev–Trinajstić information content (AvgIpc) is 2.94. The molecule has 2 heterocycles. The van der Waals surface area contributed by atoms with Gasteiger partial charge in [0.05, 0.1) is 11.0 Å². The number of rotatable bonds is 4. The second-order valence-electron chi connectivity index (χ2n) is 6.35. The molecule has 5 nitrogen and oxygen atoms in total. The molecule has 130 valence electrons. The molecule has 1 N–H and O–H groups in total. The van der Waals surface area contributed by atoms with E-state index in [0.717, 1.165) is 34.2 Å². The third-order valence-corrected chi connectivity index (χ3v) is 4.50. The predicted octanol–water partition coefficient (Wildman–Crippen LogP) is 5.12. The number of aromatic nitrogens is 3. The van der Waals surface area contributed by atoms with E-state index in [9.17, 15) is 0 Å². The van der Waals surface area contributed by atoms with Crippen LogP contribution in [0.15, 0.2) is 60.9 Å². The molecular formula is C21H20N4O. The van der Waals surface area contributed by atoms with Crippen LogP contribution < -0.4 is 10.1 Å². The minimum atomic E-state index is 0.750. The molecule has 0 atom stereocenters. The van der Waals surface area contributed by atoms with E-state index in [0.29, 0.717) is 0 Å². The quantitative estimate of drug-likeness (QED) is 0.558. The van der Waals surface area contributed by atoms with E-state index in [-0.39, 0.29) is 0 Å². The molecule has 26 heavy (non-hydrogen) atoms. The monoisotopic (exact) mass is 344 g/mol.